The lowest BCUT2D eigenvalue weighted by atomic mass is 10.3. The van der Waals surface area contributed by atoms with Crippen LogP contribution in [0.4, 0.5) is 0 Å². The van der Waals surface area contributed by atoms with Crippen molar-refractivity contribution in [1.29, 1.82) is 0 Å². The molecule has 0 saturated carbocycles. The van der Waals surface area contributed by atoms with Gasteiger partial charge in [-0.05, 0) is 37.4 Å². The van der Waals surface area contributed by atoms with Gasteiger partial charge in [0.25, 0.3) is 0 Å². The van der Waals surface area contributed by atoms with E-state index in [9.17, 15) is 0 Å². The van der Waals surface area contributed by atoms with E-state index >= 15 is 0 Å². The van der Waals surface area contributed by atoms with Crippen LogP contribution in [0.2, 0.25) is 0 Å². The summed E-state index contributed by atoms with van der Waals surface area (Å²) < 4.78 is 0. The summed E-state index contributed by atoms with van der Waals surface area (Å²) in [5, 5.41) is 6.63. The summed E-state index contributed by atoms with van der Waals surface area (Å²) in [5.41, 5.74) is 0. The van der Waals surface area contributed by atoms with Crippen LogP contribution in [-0.2, 0) is 6.42 Å². The molecule has 12 heavy (non-hydrogen) atoms. The Kier molecular flexibility index (Phi) is 5.65. The number of nitrogens with one attached hydrogen (secondary N) is 1. The Balaban J connectivity index is 1.96. The first-order valence-electron chi connectivity index (χ1n) is 4.22. The summed E-state index contributed by atoms with van der Waals surface area (Å²) in [6.45, 7) is 2.23. The Labute approximate surface area is 86.3 Å². The number of halogens is 1. The summed E-state index contributed by atoms with van der Waals surface area (Å²) in [6, 6.07) is 4.30. The van der Waals surface area contributed by atoms with Crippen LogP contribution in [0.1, 0.15) is 11.3 Å². The maximum atomic E-state index is 3.40. The standard InChI is InChI=1S/C9H14BrNS/c10-5-2-6-11-7-4-9-3-1-8-12-9/h1,3,8,11H,2,4-7H2. The molecule has 0 aliphatic heterocycles. The van der Waals surface area contributed by atoms with Gasteiger partial charge in [-0.2, -0.15) is 0 Å². The van der Waals surface area contributed by atoms with Crippen molar-refractivity contribution in [3.05, 3.63) is 22.4 Å². The molecule has 0 aliphatic carbocycles. The predicted octanol–water partition coefficient (Wildman–Crippen LogP) is 2.67. The Morgan fingerprint density at radius 1 is 1.42 bits per heavy atom. The van der Waals surface area contributed by atoms with Crippen molar-refractivity contribution in [3.8, 4) is 0 Å². The monoisotopic (exact) mass is 247 g/mol. The third-order valence-electron chi connectivity index (χ3n) is 1.62. The van der Waals surface area contributed by atoms with Gasteiger partial charge in [0.05, 0.1) is 0 Å². The lowest BCUT2D eigenvalue weighted by Gasteiger charge is -2.00. The predicted molar refractivity (Wildman–Crippen MR) is 59.3 cm³/mol. The molecule has 1 nitrogen and oxygen atoms in total. The largest absolute Gasteiger partial charge is 0.316 e. The maximum absolute atomic E-state index is 3.40. The Bertz CT molecular complexity index is 186. The second kappa shape index (κ2) is 6.63. The van der Waals surface area contributed by atoms with Crippen LogP contribution in [-0.4, -0.2) is 18.4 Å². The first kappa shape index (κ1) is 10.2. The lowest BCUT2D eigenvalue weighted by molar-refractivity contribution is 0.679. The zero-order chi connectivity index (χ0) is 8.65. The van der Waals surface area contributed by atoms with E-state index in [4.69, 9.17) is 0 Å². The fraction of sp³-hybridized carbons (Fsp3) is 0.556. The molecular weight excluding hydrogens is 234 g/mol. The SMILES string of the molecule is BrCCCNCCc1cccs1. The van der Waals surface area contributed by atoms with Gasteiger partial charge in [-0.1, -0.05) is 22.0 Å². The van der Waals surface area contributed by atoms with Gasteiger partial charge in [0, 0.05) is 10.2 Å². The number of alkyl halides is 1. The Morgan fingerprint density at radius 2 is 2.33 bits per heavy atom. The van der Waals surface area contributed by atoms with Crippen molar-refractivity contribution in [2.45, 2.75) is 12.8 Å². The molecule has 0 aliphatic rings. The van der Waals surface area contributed by atoms with E-state index in [1.54, 1.807) is 0 Å². The van der Waals surface area contributed by atoms with Crippen molar-refractivity contribution in [2.75, 3.05) is 18.4 Å². The van der Waals surface area contributed by atoms with E-state index in [-0.39, 0.29) is 0 Å². The first-order valence-corrected chi connectivity index (χ1v) is 6.22. The van der Waals surface area contributed by atoms with Crippen LogP contribution in [0.15, 0.2) is 17.5 Å². The summed E-state index contributed by atoms with van der Waals surface area (Å²) in [7, 11) is 0. The van der Waals surface area contributed by atoms with Crippen LogP contribution in [0.3, 0.4) is 0 Å². The lowest BCUT2D eigenvalue weighted by Crippen LogP contribution is -2.18. The molecule has 1 aromatic heterocycles. The molecule has 1 rings (SSSR count). The molecule has 0 amide bonds. The molecule has 1 heterocycles. The third kappa shape index (κ3) is 4.24. The topological polar surface area (TPSA) is 12.0 Å². The van der Waals surface area contributed by atoms with Gasteiger partial charge in [0.1, 0.15) is 0 Å². The molecule has 0 fully saturated rings. The normalized spacial score (nSPS) is 10.4. The van der Waals surface area contributed by atoms with Gasteiger partial charge in [-0.15, -0.1) is 11.3 Å². The highest BCUT2D eigenvalue weighted by molar-refractivity contribution is 9.09. The Morgan fingerprint density at radius 3 is 3.00 bits per heavy atom. The molecule has 3 heteroatoms. The minimum Gasteiger partial charge on any atom is -0.316 e. The second-order valence-corrected chi connectivity index (χ2v) is 4.45. The van der Waals surface area contributed by atoms with Crippen LogP contribution >= 0.6 is 27.3 Å². The number of rotatable bonds is 6. The second-order valence-electron chi connectivity index (χ2n) is 2.62. The fourth-order valence-electron chi connectivity index (χ4n) is 0.983. The van der Waals surface area contributed by atoms with E-state index < -0.39 is 0 Å². The van der Waals surface area contributed by atoms with Crippen molar-refractivity contribution in [2.24, 2.45) is 0 Å². The molecule has 0 aromatic carbocycles. The maximum Gasteiger partial charge on any atom is 0.00578 e. The van der Waals surface area contributed by atoms with Gasteiger partial charge < -0.3 is 5.32 Å². The van der Waals surface area contributed by atoms with Gasteiger partial charge in [-0.25, -0.2) is 0 Å². The summed E-state index contributed by atoms with van der Waals surface area (Å²) in [4.78, 5) is 1.47. The first-order chi connectivity index (χ1) is 5.93. The molecule has 0 unspecified atom stereocenters. The smallest absolute Gasteiger partial charge is 0.00578 e. The van der Waals surface area contributed by atoms with Gasteiger partial charge in [0.15, 0.2) is 0 Å². The molecule has 0 saturated heterocycles. The highest BCUT2D eigenvalue weighted by Crippen LogP contribution is 2.07. The minimum atomic E-state index is 1.10. The van der Waals surface area contributed by atoms with Crippen LogP contribution in [0.5, 0.6) is 0 Å². The number of thiophene rings is 1. The quantitative estimate of drug-likeness (QED) is 0.603. The molecule has 0 atom stereocenters. The van der Waals surface area contributed by atoms with Crippen molar-refractivity contribution in [1.82, 2.24) is 5.32 Å². The minimum absolute atomic E-state index is 1.10. The van der Waals surface area contributed by atoms with Crippen molar-refractivity contribution in [3.63, 3.8) is 0 Å². The zero-order valence-corrected chi connectivity index (χ0v) is 9.46. The van der Waals surface area contributed by atoms with E-state index in [1.807, 2.05) is 11.3 Å². The average molecular weight is 248 g/mol. The van der Waals surface area contributed by atoms with Crippen LogP contribution in [0, 0.1) is 0 Å². The summed E-state index contributed by atoms with van der Waals surface area (Å²) in [6.07, 6.45) is 2.38. The van der Waals surface area contributed by atoms with Crippen LogP contribution in [0.25, 0.3) is 0 Å². The molecule has 1 N–H and O–H groups in total. The Hall–Kier alpha value is 0.140. The van der Waals surface area contributed by atoms with E-state index in [0.29, 0.717) is 0 Å². The molecule has 68 valence electrons. The van der Waals surface area contributed by atoms with Crippen molar-refractivity contribution < 1.29 is 0 Å². The highest BCUT2D eigenvalue weighted by atomic mass is 79.9. The van der Waals surface area contributed by atoms with E-state index in [1.165, 1.54) is 17.7 Å². The van der Waals surface area contributed by atoms with Gasteiger partial charge >= 0.3 is 0 Å². The average Bonchev–Trinajstić information content (AvgIpc) is 2.57. The van der Waals surface area contributed by atoms with E-state index in [0.717, 1.165) is 18.4 Å². The highest BCUT2D eigenvalue weighted by Gasteiger charge is 1.92. The number of hydrogen-bond acceptors (Lipinski definition) is 2. The molecule has 0 bridgehead atoms. The molecule has 0 radical (unpaired) electrons. The fourth-order valence-corrected chi connectivity index (χ4v) is 1.97. The number of hydrogen-bond donors (Lipinski definition) is 1. The molecule has 1 aromatic rings. The van der Waals surface area contributed by atoms with Crippen LogP contribution < -0.4 is 5.32 Å². The molecule has 0 spiro atoms. The third-order valence-corrected chi connectivity index (χ3v) is 3.11. The van der Waals surface area contributed by atoms with Crippen molar-refractivity contribution >= 4 is 27.3 Å². The summed E-state index contributed by atoms with van der Waals surface area (Å²) >= 11 is 5.24. The van der Waals surface area contributed by atoms with E-state index in [2.05, 4.69) is 38.8 Å². The van der Waals surface area contributed by atoms with Gasteiger partial charge in [0.2, 0.25) is 0 Å². The summed E-state index contributed by atoms with van der Waals surface area (Å²) in [5.74, 6) is 0. The molecular formula is C9H14BrNS. The van der Waals surface area contributed by atoms with Gasteiger partial charge in [-0.3, -0.25) is 0 Å². The zero-order valence-electron chi connectivity index (χ0n) is 7.05.